The molecular weight excluding hydrogens is 256 g/mol. The molecule has 2 aromatic rings. The van der Waals surface area contributed by atoms with Crippen LogP contribution < -0.4 is 0 Å². The second kappa shape index (κ2) is 5.67. The average molecular weight is 268 g/mol. The molecule has 0 saturated carbocycles. The molecular formula is C10H12N4O3S. The van der Waals surface area contributed by atoms with Crippen molar-refractivity contribution in [3.05, 3.63) is 23.7 Å². The molecule has 0 aliphatic carbocycles. The molecule has 2 rings (SSSR count). The van der Waals surface area contributed by atoms with Crippen molar-refractivity contribution in [3.8, 4) is 0 Å². The summed E-state index contributed by atoms with van der Waals surface area (Å²) >= 11 is 1.40. The van der Waals surface area contributed by atoms with E-state index in [1.807, 2.05) is 19.1 Å². The molecule has 0 unspecified atom stereocenters. The minimum Gasteiger partial charge on any atom is -0.468 e. The quantitative estimate of drug-likeness (QED) is 0.591. The Bertz CT molecular complexity index is 537. The Morgan fingerprint density at radius 3 is 3.06 bits per heavy atom. The van der Waals surface area contributed by atoms with Gasteiger partial charge in [-0.1, -0.05) is 11.8 Å². The number of aryl methyl sites for hydroxylation is 1. The molecule has 7 nitrogen and oxygen atoms in total. The van der Waals surface area contributed by atoms with Crippen LogP contribution in [0.3, 0.4) is 0 Å². The highest BCUT2D eigenvalue weighted by atomic mass is 32.2. The zero-order chi connectivity index (χ0) is 13.0. The molecule has 0 amide bonds. The largest absolute Gasteiger partial charge is 0.468 e. The first-order chi connectivity index (χ1) is 8.69. The minimum atomic E-state index is -0.391. The van der Waals surface area contributed by atoms with E-state index in [-0.39, 0.29) is 6.54 Å². The molecule has 8 heteroatoms. The minimum absolute atomic E-state index is 0.00299. The summed E-state index contributed by atoms with van der Waals surface area (Å²) < 4.78 is 11.4. The van der Waals surface area contributed by atoms with Gasteiger partial charge in [-0.25, -0.2) is 4.68 Å². The first-order valence-corrected chi connectivity index (χ1v) is 6.18. The molecule has 18 heavy (non-hydrogen) atoms. The van der Waals surface area contributed by atoms with E-state index in [0.717, 1.165) is 11.5 Å². The summed E-state index contributed by atoms with van der Waals surface area (Å²) in [5.74, 6) is 1.91. The summed E-state index contributed by atoms with van der Waals surface area (Å²) in [6.07, 6.45) is 0. The van der Waals surface area contributed by atoms with Crippen LogP contribution in [-0.2, 0) is 21.8 Å². The van der Waals surface area contributed by atoms with Crippen LogP contribution in [0, 0.1) is 6.92 Å². The number of hydrogen-bond donors (Lipinski definition) is 0. The number of esters is 1. The van der Waals surface area contributed by atoms with Crippen molar-refractivity contribution in [2.24, 2.45) is 0 Å². The number of methoxy groups -OCH3 is 1. The molecule has 0 atom stereocenters. The first kappa shape index (κ1) is 12.6. The standard InChI is InChI=1S/C10H12N4O3S/c1-7-3-4-8(17-7)6-18-10-11-12-13-14(10)5-9(15)16-2/h3-4H,5-6H2,1-2H3. The Morgan fingerprint density at radius 1 is 1.56 bits per heavy atom. The lowest BCUT2D eigenvalue weighted by molar-refractivity contribution is -0.141. The van der Waals surface area contributed by atoms with Gasteiger partial charge in [0.25, 0.3) is 0 Å². The van der Waals surface area contributed by atoms with Crippen LogP contribution in [-0.4, -0.2) is 33.3 Å². The van der Waals surface area contributed by atoms with E-state index in [1.54, 1.807) is 0 Å². The van der Waals surface area contributed by atoms with E-state index < -0.39 is 5.97 Å². The van der Waals surface area contributed by atoms with Crippen LogP contribution in [0.2, 0.25) is 0 Å². The Labute approximate surface area is 107 Å². The number of ether oxygens (including phenoxy) is 1. The predicted octanol–water partition coefficient (Wildman–Crippen LogP) is 1.04. The lowest BCUT2D eigenvalue weighted by Gasteiger charge is -2.01. The monoisotopic (exact) mass is 268 g/mol. The number of carbonyl (C=O) groups excluding carboxylic acids is 1. The zero-order valence-corrected chi connectivity index (χ0v) is 10.8. The van der Waals surface area contributed by atoms with E-state index in [0.29, 0.717) is 10.9 Å². The Balaban J connectivity index is 1.97. The molecule has 0 N–H and O–H groups in total. The molecule has 96 valence electrons. The maximum Gasteiger partial charge on any atom is 0.327 e. The van der Waals surface area contributed by atoms with Crippen molar-refractivity contribution in [1.29, 1.82) is 0 Å². The highest BCUT2D eigenvalue weighted by Gasteiger charge is 2.11. The topological polar surface area (TPSA) is 83.0 Å². The number of carbonyl (C=O) groups is 1. The maximum absolute atomic E-state index is 11.1. The van der Waals surface area contributed by atoms with Crippen LogP contribution in [0.4, 0.5) is 0 Å². The van der Waals surface area contributed by atoms with Crippen molar-refractivity contribution in [3.63, 3.8) is 0 Å². The van der Waals surface area contributed by atoms with Crippen LogP contribution in [0.25, 0.3) is 0 Å². The predicted molar refractivity (Wildman–Crippen MR) is 62.8 cm³/mol. The average Bonchev–Trinajstić information content (AvgIpc) is 2.96. The zero-order valence-electron chi connectivity index (χ0n) is 9.99. The van der Waals surface area contributed by atoms with Crippen LogP contribution >= 0.6 is 11.8 Å². The molecule has 0 aromatic carbocycles. The maximum atomic E-state index is 11.1. The summed E-state index contributed by atoms with van der Waals surface area (Å²) in [6.45, 7) is 1.89. The normalized spacial score (nSPS) is 10.6. The lowest BCUT2D eigenvalue weighted by atomic mass is 10.5. The molecule has 0 aliphatic heterocycles. The SMILES string of the molecule is COC(=O)Cn1nnnc1SCc1ccc(C)o1. The van der Waals surface area contributed by atoms with Crippen molar-refractivity contribution < 1.29 is 13.9 Å². The summed E-state index contributed by atoms with van der Waals surface area (Å²) in [5, 5.41) is 11.6. The summed E-state index contributed by atoms with van der Waals surface area (Å²) in [4.78, 5) is 11.1. The number of thioether (sulfide) groups is 1. The van der Waals surface area contributed by atoms with Crippen molar-refractivity contribution in [2.45, 2.75) is 24.4 Å². The number of furan rings is 1. The number of rotatable bonds is 5. The van der Waals surface area contributed by atoms with Gasteiger partial charge in [0.05, 0.1) is 12.9 Å². The van der Waals surface area contributed by atoms with Gasteiger partial charge < -0.3 is 9.15 Å². The van der Waals surface area contributed by atoms with Gasteiger partial charge in [-0.15, -0.1) is 5.10 Å². The van der Waals surface area contributed by atoms with Gasteiger partial charge in [0, 0.05) is 0 Å². The molecule has 0 spiro atoms. The second-order valence-corrected chi connectivity index (χ2v) is 4.44. The van der Waals surface area contributed by atoms with E-state index in [1.165, 1.54) is 23.6 Å². The van der Waals surface area contributed by atoms with Crippen molar-refractivity contribution in [2.75, 3.05) is 7.11 Å². The molecule has 0 bridgehead atoms. The van der Waals surface area contributed by atoms with E-state index >= 15 is 0 Å². The van der Waals surface area contributed by atoms with Gasteiger partial charge in [-0.3, -0.25) is 4.79 Å². The van der Waals surface area contributed by atoms with Gasteiger partial charge in [0.2, 0.25) is 5.16 Å². The third-order valence-corrected chi connectivity index (χ3v) is 3.12. The Morgan fingerprint density at radius 2 is 2.39 bits per heavy atom. The summed E-state index contributed by atoms with van der Waals surface area (Å²) in [6, 6.07) is 3.80. The molecule has 0 radical (unpaired) electrons. The van der Waals surface area contributed by atoms with Crippen LogP contribution in [0.1, 0.15) is 11.5 Å². The van der Waals surface area contributed by atoms with Gasteiger partial charge in [-0.2, -0.15) is 0 Å². The fourth-order valence-electron chi connectivity index (χ4n) is 1.28. The smallest absolute Gasteiger partial charge is 0.327 e. The highest BCUT2D eigenvalue weighted by molar-refractivity contribution is 7.98. The number of aromatic nitrogens is 4. The van der Waals surface area contributed by atoms with E-state index in [2.05, 4.69) is 20.3 Å². The third kappa shape index (κ3) is 3.10. The van der Waals surface area contributed by atoms with Gasteiger partial charge >= 0.3 is 5.97 Å². The molecule has 0 aliphatic rings. The van der Waals surface area contributed by atoms with E-state index in [9.17, 15) is 4.79 Å². The van der Waals surface area contributed by atoms with E-state index in [4.69, 9.17) is 4.42 Å². The number of nitrogens with zero attached hydrogens (tertiary/aromatic N) is 4. The second-order valence-electron chi connectivity index (χ2n) is 3.50. The fourth-order valence-corrected chi connectivity index (χ4v) is 2.06. The number of hydrogen-bond acceptors (Lipinski definition) is 7. The molecule has 2 heterocycles. The van der Waals surface area contributed by atoms with Gasteiger partial charge in [0.1, 0.15) is 18.1 Å². The Hall–Kier alpha value is -1.83. The van der Waals surface area contributed by atoms with Crippen LogP contribution in [0.15, 0.2) is 21.7 Å². The molecule has 0 saturated heterocycles. The van der Waals surface area contributed by atoms with Gasteiger partial charge in [-0.05, 0) is 29.5 Å². The number of tetrazole rings is 1. The van der Waals surface area contributed by atoms with Crippen LogP contribution in [0.5, 0.6) is 0 Å². The summed E-state index contributed by atoms with van der Waals surface area (Å²) in [5.41, 5.74) is 0. The Kier molecular flexibility index (Phi) is 3.98. The van der Waals surface area contributed by atoms with Crippen molar-refractivity contribution in [1.82, 2.24) is 20.2 Å². The highest BCUT2D eigenvalue weighted by Crippen LogP contribution is 2.21. The first-order valence-electron chi connectivity index (χ1n) is 5.20. The molecule has 0 fully saturated rings. The summed E-state index contributed by atoms with van der Waals surface area (Å²) in [7, 11) is 1.32. The third-order valence-electron chi connectivity index (χ3n) is 2.15. The lowest BCUT2D eigenvalue weighted by Crippen LogP contribution is -2.13. The molecule has 2 aromatic heterocycles. The fraction of sp³-hybridized carbons (Fsp3) is 0.400. The van der Waals surface area contributed by atoms with Gasteiger partial charge in [0.15, 0.2) is 0 Å². The van der Waals surface area contributed by atoms with Crippen molar-refractivity contribution >= 4 is 17.7 Å².